The highest BCUT2D eigenvalue weighted by Crippen LogP contribution is 2.26. The van der Waals surface area contributed by atoms with Crippen LogP contribution in [0.3, 0.4) is 0 Å². The second-order valence-corrected chi connectivity index (χ2v) is 4.94. The molecular weight excluding hydrogens is 278 g/mol. The van der Waals surface area contributed by atoms with Crippen LogP contribution in [0.15, 0.2) is 18.2 Å². The maximum absolute atomic E-state index is 12.5. The summed E-state index contributed by atoms with van der Waals surface area (Å²) < 4.78 is 0. The molecule has 2 N–H and O–H groups in total. The Morgan fingerprint density at radius 1 is 1.20 bits per heavy atom. The highest BCUT2D eigenvalue weighted by atomic mass is 35.5. The SMILES string of the molecule is Cl.O=C1CN(C(=O)c2cccc3c2CCCN3)CCN1. The van der Waals surface area contributed by atoms with E-state index in [0.29, 0.717) is 13.1 Å². The van der Waals surface area contributed by atoms with Crippen LogP contribution in [0.4, 0.5) is 5.69 Å². The van der Waals surface area contributed by atoms with Crippen LogP contribution in [-0.4, -0.2) is 42.9 Å². The summed E-state index contributed by atoms with van der Waals surface area (Å²) in [6.45, 7) is 2.24. The van der Waals surface area contributed by atoms with Crippen LogP contribution < -0.4 is 10.6 Å². The number of benzene rings is 1. The van der Waals surface area contributed by atoms with Crippen molar-refractivity contribution in [2.75, 3.05) is 31.5 Å². The lowest BCUT2D eigenvalue weighted by atomic mass is 9.96. The number of anilines is 1. The maximum Gasteiger partial charge on any atom is 0.254 e. The van der Waals surface area contributed by atoms with Crippen molar-refractivity contribution in [1.29, 1.82) is 0 Å². The van der Waals surface area contributed by atoms with Gasteiger partial charge in [0.15, 0.2) is 0 Å². The first-order chi connectivity index (χ1) is 9.25. The van der Waals surface area contributed by atoms with E-state index in [1.165, 1.54) is 0 Å². The van der Waals surface area contributed by atoms with Gasteiger partial charge in [0.05, 0.1) is 6.54 Å². The van der Waals surface area contributed by atoms with Crippen molar-refractivity contribution >= 4 is 29.9 Å². The van der Waals surface area contributed by atoms with Gasteiger partial charge in [0, 0.05) is 30.9 Å². The van der Waals surface area contributed by atoms with E-state index >= 15 is 0 Å². The number of amides is 2. The molecule has 5 nitrogen and oxygen atoms in total. The smallest absolute Gasteiger partial charge is 0.254 e. The Balaban J connectivity index is 0.00000147. The normalized spacial score (nSPS) is 17.4. The number of carbonyl (C=O) groups is 2. The molecule has 3 rings (SSSR count). The van der Waals surface area contributed by atoms with Gasteiger partial charge in [-0.3, -0.25) is 9.59 Å². The minimum absolute atomic E-state index is 0. The number of hydrogen-bond acceptors (Lipinski definition) is 3. The Morgan fingerprint density at radius 2 is 2.05 bits per heavy atom. The second kappa shape index (κ2) is 6.13. The van der Waals surface area contributed by atoms with Gasteiger partial charge in [-0.05, 0) is 30.5 Å². The average Bonchev–Trinajstić information content (AvgIpc) is 2.46. The highest BCUT2D eigenvalue weighted by molar-refractivity contribution is 5.99. The summed E-state index contributed by atoms with van der Waals surface area (Å²) in [4.78, 5) is 25.5. The Hall–Kier alpha value is -1.75. The molecular formula is C14H18ClN3O2. The Bertz CT molecular complexity index is 533. The molecule has 0 saturated carbocycles. The van der Waals surface area contributed by atoms with Gasteiger partial charge in [0.25, 0.3) is 5.91 Å². The molecule has 2 amide bonds. The molecule has 1 aromatic carbocycles. The molecule has 108 valence electrons. The topological polar surface area (TPSA) is 61.4 Å². The molecule has 1 aromatic rings. The van der Waals surface area contributed by atoms with Crippen LogP contribution in [0.25, 0.3) is 0 Å². The number of nitrogens with one attached hydrogen (secondary N) is 2. The van der Waals surface area contributed by atoms with E-state index in [2.05, 4.69) is 10.6 Å². The predicted octanol–water partition coefficient (Wildman–Crippen LogP) is 1.04. The first kappa shape index (κ1) is 14.7. The third-order valence-electron chi connectivity index (χ3n) is 3.65. The first-order valence-corrected chi connectivity index (χ1v) is 6.67. The molecule has 0 radical (unpaired) electrons. The lowest BCUT2D eigenvalue weighted by Gasteiger charge is -2.28. The van der Waals surface area contributed by atoms with Crippen LogP contribution in [0.2, 0.25) is 0 Å². The largest absolute Gasteiger partial charge is 0.385 e. The van der Waals surface area contributed by atoms with Crippen molar-refractivity contribution < 1.29 is 9.59 Å². The first-order valence-electron chi connectivity index (χ1n) is 6.67. The Morgan fingerprint density at radius 3 is 2.85 bits per heavy atom. The highest BCUT2D eigenvalue weighted by Gasteiger charge is 2.25. The molecule has 2 aliphatic heterocycles. The lowest BCUT2D eigenvalue weighted by Crippen LogP contribution is -2.50. The standard InChI is InChI=1S/C14H17N3O2.ClH/c18-13-9-17(8-7-16-13)14(19)11-3-1-5-12-10(11)4-2-6-15-12;/h1,3,5,15H,2,4,6-9H2,(H,16,18);1H. The minimum Gasteiger partial charge on any atom is -0.385 e. The van der Waals surface area contributed by atoms with Gasteiger partial charge >= 0.3 is 0 Å². The summed E-state index contributed by atoms with van der Waals surface area (Å²) in [6.07, 6.45) is 1.96. The summed E-state index contributed by atoms with van der Waals surface area (Å²) in [6, 6.07) is 5.77. The van der Waals surface area contributed by atoms with Gasteiger partial charge in [-0.25, -0.2) is 0 Å². The number of hydrogen-bond donors (Lipinski definition) is 2. The van der Waals surface area contributed by atoms with E-state index in [0.717, 1.165) is 36.2 Å². The molecule has 2 aliphatic rings. The van der Waals surface area contributed by atoms with Gasteiger partial charge in [-0.2, -0.15) is 0 Å². The molecule has 0 unspecified atom stereocenters. The fraction of sp³-hybridized carbons (Fsp3) is 0.429. The number of piperazine rings is 1. The fourth-order valence-electron chi connectivity index (χ4n) is 2.69. The number of nitrogens with zero attached hydrogens (tertiary/aromatic N) is 1. The quantitative estimate of drug-likeness (QED) is 0.814. The Kier molecular flexibility index (Phi) is 4.49. The molecule has 6 heteroatoms. The third-order valence-corrected chi connectivity index (χ3v) is 3.65. The number of rotatable bonds is 1. The molecule has 0 aliphatic carbocycles. The molecule has 0 spiro atoms. The average molecular weight is 296 g/mol. The van der Waals surface area contributed by atoms with E-state index in [9.17, 15) is 9.59 Å². The van der Waals surface area contributed by atoms with Crippen molar-refractivity contribution in [3.63, 3.8) is 0 Å². The number of fused-ring (bicyclic) bond motifs is 1. The van der Waals surface area contributed by atoms with Crippen molar-refractivity contribution in [3.8, 4) is 0 Å². The number of carbonyl (C=O) groups excluding carboxylic acids is 2. The van der Waals surface area contributed by atoms with E-state index in [1.807, 2.05) is 18.2 Å². The Labute approximate surface area is 124 Å². The van der Waals surface area contributed by atoms with Crippen LogP contribution in [-0.2, 0) is 11.2 Å². The third kappa shape index (κ3) is 2.72. The van der Waals surface area contributed by atoms with Gasteiger partial charge in [0.1, 0.15) is 0 Å². The predicted molar refractivity (Wildman–Crippen MR) is 79.4 cm³/mol. The molecule has 20 heavy (non-hydrogen) atoms. The zero-order chi connectivity index (χ0) is 13.2. The summed E-state index contributed by atoms with van der Waals surface area (Å²) in [5, 5.41) is 6.06. The summed E-state index contributed by atoms with van der Waals surface area (Å²) in [5.74, 6) is -0.113. The molecule has 0 aromatic heterocycles. The van der Waals surface area contributed by atoms with Gasteiger partial charge in [-0.15, -0.1) is 12.4 Å². The minimum atomic E-state index is -0.0810. The van der Waals surface area contributed by atoms with Gasteiger partial charge in [-0.1, -0.05) is 6.07 Å². The fourth-order valence-corrected chi connectivity index (χ4v) is 2.69. The zero-order valence-corrected chi connectivity index (χ0v) is 12.0. The summed E-state index contributed by atoms with van der Waals surface area (Å²) >= 11 is 0. The molecule has 0 bridgehead atoms. The lowest BCUT2D eigenvalue weighted by molar-refractivity contribution is -0.123. The molecule has 1 saturated heterocycles. The van der Waals surface area contributed by atoms with E-state index < -0.39 is 0 Å². The van der Waals surface area contributed by atoms with Crippen LogP contribution in [0.1, 0.15) is 22.3 Å². The van der Waals surface area contributed by atoms with E-state index in [4.69, 9.17) is 0 Å². The van der Waals surface area contributed by atoms with E-state index in [1.54, 1.807) is 4.90 Å². The van der Waals surface area contributed by atoms with Crippen molar-refractivity contribution in [3.05, 3.63) is 29.3 Å². The van der Waals surface area contributed by atoms with Gasteiger partial charge < -0.3 is 15.5 Å². The summed E-state index contributed by atoms with van der Waals surface area (Å²) in [7, 11) is 0. The van der Waals surface area contributed by atoms with Crippen LogP contribution >= 0.6 is 12.4 Å². The van der Waals surface area contributed by atoms with E-state index in [-0.39, 0.29) is 30.8 Å². The van der Waals surface area contributed by atoms with Crippen molar-refractivity contribution in [2.24, 2.45) is 0 Å². The van der Waals surface area contributed by atoms with Crippen molar-refractivity contribution in [1.82, 2.24) is 10.2 Å². The van der Waals surface area contributed by atoms with Crippen molar-refractivity contribution in [2.45, 2.75) is 12.8 Å². The number of halogens is 1. The second-order valence-electron chi connectivity index (χ2n) is 4.94. The van der Waals surface area contributed by atoms with Crippen LogP contribution in [0, 0.1) is 0 Å². The van der Waals surface area contributed by atoms with Crippen LogP contribution in [0.5, 0.6) is 0 Å². The van der Waals surface area contributed by atoms with Gasteiger partial charge in [0.2, 0.25) is 5.91 Å². The zero-order valence-electron chi connectivity index (χ0n) is 11.1. The molecule has 1 fully saturated rings. The molecule has 2 heterocycles. The summed E-state index contributed by atoms with van der Waals surface area (Å²) in [5.41, 5.74) is 2.88. The maximum atomic E-state index is 12.5. The molecule has 0 atom stereocenters. The monoisotopic (exact) mass is 295 g/mol.